The van der Waals surface area contributed by atoms with Crippen LogP contribution >= 0.6 is 11.3 Å². The molecule has 0 bridgehead atoms. The monoisotopic (exact) mass is 296 g/mol. The normalized spacial score (nSPS) is 18.2. The number of thiazole rings is 1. The molecule has 110 valence electrons. The Bertz CT molecular complexity index is 490. The van der Waals surface area contributed by atoms with Gasteiger partial charge in [0.05, 0.1) is 16.6 Å². The van der Waals surface area contributed by atoms with Crippen LogP contribution in [0, 0.1) is 12.3 Å². The van der Waals surface area contributed by atoms with E-state index >= 15 is 0 Å². The summed E-state index contributed by atoms with van der Waals surface area (Å²) in [6, 6.07) is 0. The smallest absolute Gasteiger partial charge is 0.311 e. The lowest BCUT2D eigenvalue weighted by atomic mass is 9.80. The summed E-state index contributed by atoms with van der Waals surface area (Å²) in [5.74, 6) is -1.01. The molecule has 1 saturated carbocycles. The molecule has 20 heavy (non-hydrogen) atoms. The number of hydrogen-bond acceptors (Lipinski definition) is 4. The van der Waals surface area contributed by atoms with E-state index in [1.807, 2.05) is 6.92 Å². The highest BCUT2D eigenvalue weighted by Gasteiger charge is 2.39. The molecule has 0 aromatic carbocycles. The highest BCUT2D eigenvalue weighted by Crippen LogP contribution is 2.35. The van der Waals surface area contributed by atoms with Crippen LogP contribution in [0.2, 0.25) is 0 Å². The summed E-state index contributed by atoms with van der Waals surface area (Å²) in [6.07, 6.45) is 6.82. The van der Waals surface area contributed by atoms with Gasteiger partial charge in [-0.1, -0.05) is 25.7 Å². The maximum atomic E-state index is 12.0. The lowest BCUT2D eigenvalue weighted by molar-refractivity contribution is -0.149. The summed E-state index contributed by atoms with van der Waals surface area (Å²) in [5, 5.41) is 13.2. The molecule has 1 fully saturated rings. The Balaban J connectivity index is 2.01. The second-order valence-electron chi connectivity index (χ2n) is 5.43. The Hall–Kier alpha value is -1.43. The van der Waals surface area contributed by atoms with E-state index in [-0.39, 0.29) is 12.5 Å². The quantitative estimate of drug-likeness (QED) is 0.837. The number of carboxylic acids is 1. The van der Waals surface area contributed by atoms with Crippen molar-refractivity contribution < 1.29 is 14.7 Å². The Morgan fingerprint density at radius 1 is 1.35 bits per heavy atom. The third-order valence-electron chi connectivity index (χ3n) is 3.95. The van der Waals surface area contributed by atoms with Crippen LogP contribution < -0.4 is 5.32 Å². The van der Waals surface area contributed by atoms with Crippen LogP contribution in [0.15, 0.2) is 6.20 Å². The maximum absolute atomic E-state index is 12.0. The van der Waals surface area contributed by atoms with Crippen LogP contribution in [0.5, 0.6) is 0 Å². The van der Waals surface area contributed by atoms with Crippen molar-refractivity contribution in [1.82, 2.24) is 10.3 Å². The molecule has 0 radical (unpaired) electrons. The topological polar surface area (TPSA) is 79.3 Å². The average molecular weight is 296 g/mol. The molecule has 0 aliphatic heterocycles. The number of nitrogens with zero attached hydrogens (tertiary/aromatic N) is 1. The van der Waals surface area contributed by atoms with E-state index in [0.717, 1.165) is 30.7 Å². The highest BCUT2D eigenvalue weighted by atomic mass is 32.1. The molecule has 1 aliphatic carbocycles. The number of nitrogens with one attached hydrogen (secondary N) is 1. The molecule has 0 saturated heterocycles. The van der Waals surface area contributed by atoms with E-state index in [1.54, 1.807) is 0 Å². The minimum atomic E-state index is -0.800. The van der Waals surface area contributed by atoms with E-state index in [1.165, 1.54) is 17.5 Å². The summed E-state index contributed by atoms with van der Waals surface area (Å²) in [7, 11) is 0. The van der Waals surface area contributed by atoms with Gasteiger partial charge in [-0.3, -0.25) is 9.59 Å². The zero-order chi connectivity index (χ0) is 14.6. The number of carbonyl (C=O) groups is 2. The van der Waals surface area contributed by atoms with Gasteiger partial charge in [-0.25, -0.2) is 4.98 Å². The van der Waals surface area contributed by atoms with Crippen molar-refractivity contribution in [2.45, 2.75) is 45.4 Å². The zero-order valence-electron chi connectivity index (χ0n) is 11.6. The van der Waals surface area contributed by atoms with Gasteiger partial charge in [-0.2, -0.15) is 0 Å². The molecule has 2 rings (SSSR count). The zero-order valence-corrected chi connectivity index (χ0v) is 12.5. The number of aryl methyl sites for hydroxylation is 1. The summed E-state index contributed by atoms with van der Waals surface area (Å²) >= 11 is 1.32. The Labute approximate surface area is 122 Å². The molecule has 6 heteroatoms. The third-order valence-corrected chi connectivity index (χ3v) is 4.86. The molecule has 0 unspecified atom stereocenters. The molecule has 1 amide bonds. The number of aliphatic carboxylic acids is 1. The molecule has 0 spiro atoms. The van der Waals surface area contributed by atoms with Crippen molar-refractivity contribution in [2.75, 3.05) is 6.54 Å². The number of hydrogen-bond donors (Lipinski definition) is 2. The number of aromatic nitrogens is 1. The Kier molecular flexibility index (Phi) is 4.75. The van der Waals surface area contributed by atoms with Gasteiger partial charge < -0.3 is 10.4 Å². The molecule has 5 nitrogen and oxygen atoms in total. The number of rotatable bonds is 4. The van der Waals surface area contributed by atoms with Crippen LogP contribution in [0.3, 0.4) is 0 Å². The fourth-order valence-corrected chi connectivity index (χ4v) is 3.37. The first-order chi connectivity index (χ1) is 9.53. The lowest BCUT2D eigenvalue weighted by Crippen LogP contribution is -2.42. The predicted molar refractivity (Wildman–Crippen MR) is 77.0 cm³/mol. The van der Waals surface area contributed by atoms with Crippen molar-refractivity contribution in [3.63, 3.8) is 0 Å². The maximum Gasteiger partial charge on any atom is 0.311 e. The van der Waals surface area contributed by atoms with Crippen molar-refractivity contribution in [2.24, 2.45) is 5.41 Å². The van der Waals surface area contributed by atoms with E-state index < -0.39 is 11.4 Å². The molecular weight excluding hydrogens is 276 g/mol. The van der Waals surface area contributed by atoms with Gasteiger partial charge in [0, 0.05) is 6.54 Å². The number of carbonyl (C=O) groups excluding carboxylic acids is 1. The summed E-state index contributed by atoms with van der Waals surface area (Å²) < 4.78 is 0. The lowest BCUT2D eigenvalue weighted by Gasteiger charge is -2.28. The van der Waals surface area contributed by atoms with Gasteiger partial charge in [0.25, 0.3) is 5.91 Å². The van der Waals surface area contributed by atoms with Gasteiger partial charge in [0.1, 0.15) is 4.88 Å². The van der Waals surface area contributed by atoms with Crippen molar-refractivity contribution in [3.05, 3.63) is 16.1 Å². The molecule has 1 aromatic rings. The van der Waals surface area contributed by atoms with Crippen LogP contribution in [0.4, 0.5) is 0 Å². The third kappa shape index (κ3) is 3.36. The first-order valence-electron chi connectivity index (χ1n) is 6.97. The van der Waals surface area contributed by atoms with Gasteiger partial charge in [0.15, 0.2) is 0 Å². The van der Waals surface area contributed by atoms with Crippen molar-refractivity contribution >= 4 is 23.2 Å². The van der Waals surface area contributed by atoms with E-state index in [2.05, 4.69) is 10.3 Å². The fourth-order valence-electron chi connectivity index (χ4n) is 2.67. The predicted octanol–water partition coefficient (Wildman–Crippen LogP) is 2.61. The minimum Gasteiger partial charge on any atom is -0.481 e. The first-order valence-corrected chi connectivity index (χ1v) is 7.79. The van der Waals surface area contributed by atoms with E-state index in [4.69, 9.17) is 0 Å². The van der Waals surface area contributed by atoms with Gasteiger partial charge in [0.2, 0.25) is 0 Å². The van der Waals surface area contributed by atoms with E-state index in [0.29, 0.717) is 17.7 Å². The highest BCUT2D eigenvalue weighted by molar-refractivity contribution is 7.13. The van der Waals surface area contributed by atoms with Crippen LogP contribution in [0.25, 0.3) is 0 Å². The van der Waals surface area contributed by atoms with Crippen LogP contribution in [-0.2, 0) is 4.79 Å². The molecule has 0 atom stereocenters. The fraction of sp³-hybridized carbons (Fsp3) is 0.643. The van der Waals surface area contributed by atoms with Gasteiger partial charge in [-0.05, 0) is 19.8 Å². The minimum absolute atomic E-state index is 0.206. The van der Waals surface area contributed by atoms with Crippen LogP contribution in [-0.4, -0.2) is 28.5 Å². The molecule has 1 aliphatic rings. The Morgan fingerprint density at radius 3 is 2.50 bits per heavy atom. The standard InChI is InChI=1S/C14H20N2O3S/c1-10-15-8-11(20-10)12(17)16-9-14(13(18)19)6-4-2-3-5-7-14/h8H,2-7,9H2,1H3,(H,16,17)(H,18,19). The average Bonchev–Trinajstić information content (AvgIpc) is 2.71. The van der Waals surface area contributed by atoms with Crippen molar-refractivity contribution in [1.29, 1.82) is 0 Å². The van der Waals surface area contributed by atoms with Gasteiger partial charge >= 0.3 is 5.97 Å². The SMILES string of the molecule is Cc1ncc(C(=O)NCC2(C(=O)O)CCCCCC2)s1. The molecule has 2 N–H and O–H groups in total. The summed E-state index contributed by atoms with van der Waals surface area (Å²) in [5.41, 5.74) is -0.800. The van der Waals surface area contributed by atoms with Crippen molar-refractivity contribution in [3.8, 4) is 0 Å². The van der Waals surface area contributed by atoms with E-state index in [9.17, 15) is 14.7 Å². The largest absolute Gasteiger partial charge is 0.481 e. The molecular formula is C14H20N2O3S. The summed E-state index contributed by atoms with van der Waals surface area (Å²) in [4.78, 5) is 28.2. The first kappa shape index (κ1) is 15.0. The second kappa shape index (κ2) is 6.35. The Morgan fingerprint density at radius 2 is 2.00 bits per heavy atom. The molecule has 1 aromatic heterocycles. The van der Waals surface area contributed by atoms with Crippen LogP contribution in [0.1, 0.15) is 53.2 Å². The second-order valence-corrected chi connectivity index (χ2v) is 6.66. The summed E-state index contributed by atoms with van der Waals surface area (Å²) in [6.45, 7) is 2.05. The number of carboxylic acid groups (broad SMARTS) is 1. The van der Waals surface area contributed by atoms with Gasteiger partial charge in [-0.15, -0.1) is 11.3 Å². The number of amides is 1. The molecule has 1 heterocycles.